The van der Waals surface area contributed by atoms with E-state index in [1.54, 1.807) is 23.7 Å². The molecule has 1 aliphatic rings. The van der Waals surface area contributed by atoms with Crippen LogP contribution in [0.4, 0.5) is 5.95 Å². The van der Waals surface area contributed by atoms with E-state index in [-0.39, 0.29) is 0 Å². The van der Waals surface area contributed by atoms with Crippen LogP contribution in [0.25, 0.3) is 0 Å². The molecular formula is C14H19N5S. The van der Waals surface area contributed by atoms with Crippen molar-refractivity contribution in [2.45, 2.75) is 32.4 Å². The van der Waals surface area contributed by atoms with Crippen molar-refractivity contribution >= 4 is 17.3 Å². The van der Waals surface area contributed by atoms with Gasteiger partial charge in [0, 0.05) is 49.1 Å². The van der Waals surface area contributed by atoms with Crippen LogP contribution in [0.15, 0.2) is 24.7 Å². The van der Waals surface area contributed by atoms with E-state index in [2.05, 4.69) is 25.2 Å². The maximum Gasteiger partial charge on any atom is 0.225 e. The third-order valence-electron chi connectivity index (χ3n) is 3.49. The van der Waals surface area contributed by atoms with Crippen molar-refractivity contribution in [2.75, 3.05) is 18.0 Å². The summed E-state index contributed by atoms with van der Waals surface area (Å²) in [6.07, 6.45) is 7.96. The standard InChI is InChI=1S/C14H19N5S/c1-11-17-8-13(20-11)9-18-12-4-2-7-19(10-12)14-15-5-3-6-16-14/h3,5-6,8,12,18H,2,4,7,9-10H2,1H3. The lowest BCUT2D eigenvalue weighted by Gasteiger charge is -2.33. The molecular weight excluding hydrogens is 270 g/mol. The lowest BCUT2D eigenvalue weighted by molar-refractivity contribution is 0.419. The van der Waals surface area contributed by atoms with Crippen LogP contribution in [-0.2, 0) is 6.54 Å². The summed E-state index contributed by atoms with van der Waals surface area (Å²) in [5.41, 5.74) is 0. The number of piperidine rings is 1. The van der Waals surface area contributed by atoms with Gasteiger partial charge < -0.3 is 10.2 Å². The maximum absolute atomic E-state index is 4.34. The predicted molar refractivity (Wildman–Crippen MR) is 81.0 cm³/mol. The van der Waals surface area contributed by atoms with E-state index >= 15 is 0 Å². The molecule has 5 nitrogen and oxygen atoms in total. The van der Waals surface area contributed by atoms with Crippen LogP contribution < -0.4 is 10.2 Å². The Labute approximate surface area is 123 Å². The van der Waals surface area contributed by atoms with Crippen LogP contribution in [0, 0.1) is 6.92 Å². The lowest BCUT2D eigenvalue weighted by atomic mass is 10.1. The summed E-state index contributed by atoms with van der Waals surface area (Å²) in [5.74, 6) is 0.840. The van der Waals surface area contributed by atoms with Crippen molar-refractivity contribution in [2.24, 2.45) is 0 Å². The van der Waals surface area contributed by atoms with E-state index in [1.807, 2.05) is 19.2 Å². The monoisotopic (exact) mass is 289 g/mol. The highest BCUT2D eigenvalue weighted by Crippen LogP contribution is 2.16. The summed E-state index contributed by atoms with van der Waals surface area (Å²) in [6, 6.07) is 2.35. The van der Waals surface area contributed by atoms with Gasteiger partial charge in [0.1, 0.15) is 0 Å². The molecule has 3 rings (SSSR count). The molecule has 2 aromatic rings. The second kappa shape index (κ2) is 6.28. The number of nitrogens with zero attached hydrogens (tertiary/aromatic N) is 4. The molecule has 1 unspecified atom stereocenters. The zero-order chi connectivity index (χ0) is 13.8. The molecule has 1 aliphatic heterocycles. The van der Waals surface area contributed by atoms with Crippen molar-refractivity contribution in [3.63, 3.8) is 0 Å². The number of hydrogen-bond acceptors (Lipinski definition) is 6. The quantitative estimate of drug-likeness (QED) is 0.933. The largest absolute Gasteiger partial charge is 0.339 e. The molecule has 1 atom stereocenters. The first-order valence-corrected chi connectivity index (χ1v) is 7.79. The van der Waals surface area contributed by atoms with E-state index < -0.39 is 0 Å². The van der Waals surface area contributed by atoms with Gasteiger partial charge in [-0.15, -0.1) is 11.3 Å². The average molecular weight is 289 g/mol. The molecule has 2 aromatic heterocycles. The van der Waals surface area contributed by atoms with Gasteiger partial charge in [-0.25, -0.2) is 15.0 Å². The third kappa shape index (κ3) is 3.32. The minimum Gasteiger partial charge on any atom is -0.339 e. The highest BCUT2D eigenvalue weighted by atomic mass is 32.1. The van der Waals surface area contributed by atoms with Crippen LogP contribution in [-0.4, -0.2) is 34.1 Å². The molecule has 20 heavy (non-hydrogen) atoms. The Morgan fingerprint density at radius 1 is 1.35 bits per heavy atom. The van der Waals surface area contributed by atoms with Crippen molar-refractivity contribution in [3.05, 3.63) is 34.5 Å². The lowest BCUT2D eigenvalue weighted by Crippen LogP contribution is -2.46. The first-order chi connectivity index (χ1) is 9.81. The molecule has 0 saturated carbocycles. The van der Waals surface area contributed by atoms with Gasteiger partial charge >= 0.3 is 0 Å². The van der Waals surface area contributed by atoms with Gasteiger partial charge in [-0.3, -0.25) is 0 Å². The molecule has 0 radical (unpaired) electrons. The number of nitrogens with one attached hydrogen (secondary N) is 1. The number of hydrogen-bond donors (Lipinski definition) is 1. The zero-order valence-electron chi connectivity index (χ0n) is 11.6. The van der Waals surface area contributed by atoms with Gasteiger partial charge in [0.25, 0.3) is 0 Å². The summed E-state index contributed by atoms with van der Waals surface area (Å²) >= 11 is 1.76. The van der Waals surface area contributed by atoms with E-state index in [1.165, 1.54) is 17.7 Å². The molecule has 1 saturated heterocycles. The summed E-state index contributed by atoms with van der Waals surface area (Å²) in [4.78, 5) is 16.5. The second-order valence-electron chi connectivity index (χ2n) is 5.06. The topological polar surface area (TPSA) is 53.9 Å². The van der Waals surface area contributed by atoms with E-state index in [0.29, 0.717) is 6.04 Å². The molecule has 3 heterocycles. The molecule has 1 fully saturated rings. The third-order valence-corrected chi connectivity index (χ3v) is 4.40. The molecule has 0 spiro atoms. The smallest absolute Gasteiger partial charge is 0.225 e. The fraction of sp³-hybridized carbons (Fsp3) is 0.500. The molecule has 0 aliphatic carbocycles. The summed E-state index contributed by atoms with van der Waals surface area (Å²) in [5, 5.41) is 4.75. The normalized spacial score (nSPS) is 19.2. The van der Waals surface area contributed by atoms with Gasteiger partial charge in [0.2, 0.25) is 5.95 Å². The fourth-order valence-electron chi connectivity index (χ4n) is 2.51. The van der Waals surface area contributed by atoms with E-state index in [9.17, 15) is 0 Å². The van der Waals surface area contributed by atoms with Gasteiger partial charge in [-0.2, -0.15) is 0 Å². The molecule has 0 aromatic carbocycles. The minimum absolute atomic E-state index is 0.495. The van der Waals surface area contributed by atoms with Crippen LogP contribution in [0.3, 0.4) is 0 Å². The fourth-order valence-corrected chi connectivity index (χ4v) is 3.26. The second-order valence-corrected chi connectivity index (χ2v) is 6.38. The van der Waals surface area contributed by atoms with Gasteiger partial charge in [0.05, 0.1) is 5.01 Å². The Balaban J connectivity index is 1.55. The van der Waals surface area contributed by atoms with Crippen molar-refractivity contribution in [1.82, 2.24) is 20.3 Å². The Morgan fingerprint density at radius 3 is 2.95 bits per heavy atom. The van der Waals surface area contributed by atoms with Gasteiger partial charge in [0.15, 0.2) is 0 Å². The van der Waals surface area contributed by atoms with Crippen molar-refractivity contribution in [3.8, 4) is 0 Å². The highest BCUT2D eigenvalue weighted by molar-refractivity contribution is 7.11. The average Bonchev–Trinajstić information content (AvgIpc) is 2.92. The number of thiazole rings is 1. The SMILES string of the molecule is Cc1ncc(CNC2CCCN(c3ncccn3)C2)s1. The Kier molecular flexibility index (Phi) is 4.22. The molecule has 0 bridgehead atoms. The van der Waals surface area contributed by atoms with Crippen molar-refractivity contribution < 1.29 is 0 Å². The van der Waals surface area contributed by atoms with E-state index in [0.717, 1.165) is 30.6 Å². The van der Waals surface area contributed by atoms with Crippen LogP contribution in [0.5, 0.6) is 0 Å². The molecule has 0 amide bonds. The predicted octanol–water partition coefficient (Wildman–Crippen LogP) is 2.00. The molecule has 106 valence electrons. The number of aryl methyl sites for hydroxylation is 1. The van der Waals surface area contributed by atoms with Crippen LogP contribution >= 0.6 is 11.3 Å². The Bertz CT molecular complexity index is 542. The van der Waals surface area contributed by atoms with Crippen LogP contribution in [0.2, 0.25) is 0 Å². The summed E-state index contributed by atoms with van der Waals surface area (Å²) in [7, 11) is 0. The highest BCUT2D eigenvalue weighted by Gasteiger charge is 2.21. The molecule has 1 N–H and O–H groups in total. The van der Waals surface area contributed by atoms with Crippen LogP contribution in [0.1, 0.15) is 22.7 Å². The number of aromatic nitrogens is 3. The maximum atomic E-state index is 4.34. The van der Waals surface area contributed by atoms with Crippen molar-refractivity contribution in [1.29, 1.82) is 0 Å². The summed E-state index contributed by atoms with van der Waals surface area (Å²) < 4.78 is 0. The first-order valence-electron chi connectivity index (χ1n) is 6.98. The zero-order valence-corrected chi connectivity index (χ0v) is 12.4. The summed E-state index contributed by atoms with van der Waals surface area (Å²) in [6.45, 7) is 4.96. The first kappa shape index (κ1) is 13.5. The Hall–Kier alpha value is -1.53. The van der Waals surface area contributed by atoms with E-state index in [4.69, 9.17) is 0 Å². The van der Waals surface area contributed by atoms with Gasteiger partial charge in [-0.1, -0.05) is 0 Å². The Morgan fingerprint density at radius 2 is 2.20 bits per heavy atom. The minimum atomic E-state index is 0.495. The van der Waals surface area contributed by atoms with Gasteiger partial charge in [-0.05, 0) is 25.8 Å². The molecule has 6 heteroatoms. The number of rotatable bonds is 4. The number of anilines is 1.